The van der Waals surface area contributed by atoms with Crippen LogP contribution in [-0.2, 0) is 0 Å². The lowest BCUT2D eigenvalue weighted by Crippen LogP contribution is -2.09. The van der Waals surface area contributed by atoms with Crippen LogP contribution in [0.25, 0.3) is 10.4 Å². The maximum absolute atomic E-state index is 5.90. The molecule has 90 valence electrons. The molecular weight excluding hydrogens is 228 g/mol. The summed E-state index contributed by atoms with van der Waals surface area (Å²) in [5.41, 5.74) is 8.42. The molecule has 0 aliphatic heterocycles. The first-order chi connectivity index (χ1) is 8.09. The molecule has 1 heterocycles. The Labute approximate surface area is 107 Å². The number of anilines is 1. The first kappa shape index (κ1) is 12.1. The lowest BCUT2D eigenvalue weighted by Gasteiger charge is -2.16. The molecule has 0 radical (unpaired) electrons. The van der Waals surface area contributed by atoms with Gasteiger partial charge in [-0.15, -0.1) is 11.3 Å². The smallest absolute Gasteiger partial charge is 0.0448 e. The zero-order chi connectivity index (χ0) is 12.4. The highest BCUT2D eigenvalue weighted by atomic mass is 32.1. The third-order valence-electron chi connectivity index (χ3n) is 2.73. The van der Waals surface area contributed by atoms with Crippen LogP contribution in [0.1, 0.15) is 17.8 Å². The van der Waals surface area contributed by atoms with E-state index in [0.717, 1.165) is 0 Å². The Morgan fingerprint density at radius 1 is 1.12 bits per heavy atom. The molecule has 0 saturated carbocycles. The zero-order valence-electron chi connectivity index (χ0n) is 10.5. The number of nitrogens with zero attached hydrogens (tertiary/aromatic N) is 1. The van der Waals surface area contributed by atoms with Crippen LogP contribution >= 0.6 is 11.3 Å². The van der Waals surface area contributed by atoms with Crippen molar-refractivity contribution in [1.29, 1.82) is 0 Å². The highest BCUT2D eigenvalue weighted by Crippen LogP contribution is 2.35. The Balaban J connectivity index is 2.45. The summed E-state index contributed by atoms with van der Waals surface area (Å²) in [6.45, 7) is 2.02. The van der Waals surface area contributed by atoms with Crippen molar-refractivity contribution in [2.75, 3.05) is 19.0 Å². The van der Waals surface area contributed by atoms with Gasteiger partial charge in [0.05, 0.1) is 0 Å². The highest BCUT2D eigenvalue weighted by molar-refractivity contribution is 7.15. The monoisotopic (exact) mass is 246 g/mol. The minimum absolute atomic E-state index is 0.111. The molecule has 0 bridgehead atoms. The van der Waals surface area contributed by atoms with Crippen LogP contribution in [0, 0.1) is 0 Å². The number of hydrogen-bond acceptors (Lipinski definition) is 3. The van der Waals surface area contributed by atoms with Gasteiger partial charge < -0.3 is 10.6 Å². The minimum atomic E-state index is 0.111. The molecule has 1 aromatic heterocycles. The van der Waals surface area contributed by atoms with Gasteiger partial charge in [-0.2, -0.15) is 0 Å². The van der Waals surface area contributed by atoms with E-state index in [1.54, 1.807) is 11.3 Å². The lowest BCUT2D eigenvalue weighted by molar-refractivity contribution is 0.838. The second-order valence-corrected chi connectivity index (χ2v) is 5.52. The summed E-state index contributed by atoms with van der Waals surface area (Å²) < 4.78 is 0. The Morgan fingerprint density at radius 2 is 1.82 bits per heavy atom. The Hall–Kier alpha value is -1.32. The summed E-state index contributed by atoms with van der Waals surface area (Å²) in [7, 11) is 4.14. The number of benzene rings is 1. The Bertz CT molecular complexity index is 500. The fourth-order valence-electron chi connectivity index (χ4n) is 1.81. The molecule has 2 N–H and O–H groups in total. The summed E-state index contributed by atoms with van der Waals surface area (Å²) in [5.74, 6) is 0. The largest absolute Gasteiger partial charge is 0.377 e. The number of rotatable bonds is 3. The van der Waals surface area contributed by atoms with E-state index in [9.17, 15) is 0 Å². The van der Waals surface area contributed by atoms with Gasteiger partial charge in [0.15, 0.2) is 0 Å². The van der Waals surface area contributed by atoms with E-state index in [0.29, 0.717) is 0 Å². The van der Waals surface area contributed by atoms with Gasteiger partial charge in [-0.3, -0.25) is 0 Å². The second-order valence-electron chi connectivity index (χ2n) is 4.40. The molecule has 0 aliphatic carbocycles. The normalized spacial score (nSPS) is 12.5. The van der Waals surface area contributed by atoms with E-state index >= 15 is 0 Å². The third kappa shape index (κ3) is 2.51. The zero-order valence-corrected chi connectivity index (χ0v) is 11.3. The van der Waals surface area contributed by atoms with Crippen LogP contribution in [0.4, 0.5) is 5.69 Å². The number of hydrogen-bond donors (Lipinski definition) is 1. The number of nitrogens with two attached hydrogens (primary N) is 1. The maximum Gasteiger partial charge on any atom is 0.0448 e. The first-order valence-electron chi connectivity index (χ1n) is 5.71. The van der Waals surface area contributed by atoms with E-state index < -0.39 is 0 Å². The molecule has 17 heavy (non-hydrogen) atoms. The van der Waals surface area contributed by atoms with Gasteiger partial charge in [-0.1, -0.05) is 18.2 Å². The van der Waals surface area contributed by atoms with Crippen molar-refractivity contribution in [2.24, 2.45) is 5.73 Å². The van der Waals surface area contributed by atoms with Crippen molar-refractivity contribution >= 4 is 17.0 Å². The Kier molecular flexibility index (Phi) is 3.50. The molecule has 3 heteroatoms. The van der Waals surface area contributed by atoms with Crippen molar-refractivity contribution in [3.05, 3.63) is 41.3 Å². The SMILES string of the molecule is CC(N)c1ccc(-c2ccccc2N(C)C)s1. The van der Waals surface area contributed by atoms with Gasteiger partial charge >= 0.3 is 0 Å². The van der Waals surface area contributed by atoms with Gasteiger partial charge in [0, 0.05) is 41.1 Å². The summed E-state index contributed by atoms with van der Waals surface area (Å²) in [6.07, 6.45) is 0. The number of para-hydroxylation sites is 1. The van der Waals surface area contributed by atoms with Crippen molar-refractivity contribution < 1.29 is 0 Å². The average molecular weight is 246 g/mol. The van der Waals surface area contributed by atoms with E-state index in [4.69, 9.17) is 5.73 Å². The standard InChI is InChI=1S/C14H18N2S/c1-10(15)13-8-9-14(17-13)11-6-4-5-7-12(11)16(2)3/h4-10H,15H2,1-3H3. The van der Waals surface area contributed by atoms with Gasteiger partial charge in [-0.25, -0.2) is 0 Å². The molecular formula is C14H18N2S. The van der Waals surface area contributed by atoms with Crippen LogP contribution in [-0.4, -0.2) is 14.1 Å². The fraction of sp³-hybridized carbons (Fsp3) is 0.286. The number of thiophene rings is 1. The Morgan fingerprint density at radius 3 is 2.41 bits per heavy atom. The van der Waals surface area contributed by atoms with Crippen molar-refractivity contribution in [3.63, 3.8) is 0 Å². The van der Waals surface area contributed by atoms with Crippen molar-refractivity contribution in [3.8, 4) is 10.4 Å². The van der Waals surface area contributed by atoms with Crippen LogP contribution in [0.5, 0.6) is 0 Å². The van der Waals surface area contributed by atoms with Gasteiger partial charge in [0.25, 0.3) is 0 Å². The van der Waals surface area contributed by atoms with Crippen molar-refractivity contribution in [2.45, 2.75) is 13.0 Å². The summed E-state index contributed by atoms with van der Waals surface area (Å²) in [5, 5.41) is 0. The van der Waals surface area contributed by atoms with E-state index in [1.807, 2.05) is 6.92 Å². The predicted octanol–water partition coefficient (Wildman–Crippen LogP) is 3.50. The lowest BCUT2D eigenvalue weighted by atomic mass is 10.1. The van der Waals surface area contributed by atoms with Crippen molar-refractivity contribution in [1.82, 2.24) is 0 Å². The molecule has 1 aromatic carbocycles. The van der Waals surface area contributed by atoms with Gasteiger partial charge in [0.1, 0.15) is 0 Å². The summed E-state index contributed by atoms with van der Waals surface area (Å²) in [4.78, 5) is 4.65. The van der Waals surface area contributed by atoms with E-state index in [1.165, 1.54) is 21.0 Å². The van der Waals surface area contributed by atoms with Gasteiger partial charge in [-0.05, 0) is 25.1 Å². The molecule has 2 rings (SSSR count). The van der Waals surface area contributed by atoms with E-state index in [-0.39, 0.29) is 6.04 Å². The minimum Gasteiger partial charge on any atom is -0.377 e. The van der Waals surface area contributed by atoms with Crippen LogP contribution in [0.3, 0.4) is 0 Å². The van der Waals surface area contributed by atoms with Crippen LogP contribution < -0.4 is 10.6 Å². The fourth-order valence-corrected chi connectivity index (χ4v) is 2.81. The quantitative estimate of drug-likeness (QED) is 0.898. The van der Waals surface area contributed by atoms with Crippen LogP contribution in [0.2, 0.25) is 0 Å². The molecule has 2 aromatic rings. The molecule has 1 unspecified atom stereocenters. The predicted molar refractivity (Wildman–Crippen MR) is 76.7 cm³/mol. The average Bonchev–Trinajstić information content (AvgIpc) is 2.78. The van der Waals surface area contributed by atoms with E-state index in [2.05, 4.69) is 55.4 Å². The second kappa shape index (κ2) is 4.90. The van der Waals surface area contributed by atoms with Gasteiger partial charge in [0.2, 0.25) is 0 Å². The molecule has 0 saturated heterocycles. The topological polar surface area (TPSA) is 29.3 Å². The summed E-state index contributed by atoms with van der Waals surface area (Å²) >= 11 is 1.77. The third-order valence-corrected chi connectivity index (χ3v) is 4.05. The highest BCUT2D eigenvalue weighted by Gasteiger charge is 2.10. The first-order valence-corrected chi connectivity index (χ1v) is 6.53. The molecule has 2 nitrogen and oxygen atoms in total. The maximum atomic E-state index is 5.90. The molecule has 1 atom stereocenters. The molecule has 0 fully saturated rings. The van der Waals surface area contributed by atoms with Crippen LogP contribution in [0.15, 0.2) is 36.4 Å². The molecule has 0 amide bonds. The summed E-state index contributed by atoms with van der Waals surface area (Å²) in [6, 6.07) is 12.8. The molecule has 0 aliphatic rings. The molecule has 0 spiro atoms.